The Hall–Kier alpha value is -2.89. The van der Waals surface area contributed by atoms with Crippen molar-refractivity contribution in [2.75, 3.05) is 16.8 Å². The maximum Gasteiger partial charge on any atom is 0.267 e. The first-order valence-corrected chi connectivity index (χ1v) is 9.18. The van der Waals surface area contributed by atoms with Crippen molar-refractivity contribution in [1.82, 2.24) is 0 Å². The highest BCUT2D eigenvalue weighted by molar-refractivity contribution is 6.05. The van der Waals surface area contributed by atoms with Gasteiger partial charge in [-0.1, -0.05) is 19.8 Å². The van der Waals surface area contributed by atoms with E-state index in [0.29, 0.717) is 29.2 Å². The van der Waals surface area contributed by atoms with Crippen molar-refractivity contribution in [3.63, 3.8) is 0 Å². The van der Waals surface area contributed by atoms with Crippen LogP contribution in [0.3, 0.4) is 0 Å². The van der Waals surface area contributed by atoms with E-state index in [-0.39, 0.29) is 11.8 Å². The molecule has 1 N–H and O–H groups in total. The van der Waals surface area contributed by atoms with E-state index in [9.17, 15) is 14.0 Å². The number of halogens is 1. The molecule has 1 aliphatic rings. The van der Waals surface area contributed by atoms with Crippen molar-refractivity contribution < 1.29 is 18.7 Å². The number of carbonyl (C=O) groups excluding carboxylic acids is 2. The fourth-order valence-corrected chi connectivity index (χ4v) is 3.04. The summed E-state index contributed by atoms with van der Waals surface area (Å²) in [7, 11) is 0. The molecule has 6 heteroatoms. The number of fused-ring (bicyclic) bond motifs is 1. The smallest absolute Gasteiger partial charge is 0.267 e. The van der Waals surface area contributed by atoms with Gasteiger partial charge in [0.25, 0.3) is 11.8 Å². The van der Waals surface area contributed by atoms with Crippen LogP contribution in [0, 0.1) is 5.82 Å². The number of nitrogens with one attached hydrogen (secondary N) is 1. The lowest BCUT2D eigenvalue weighted by Gasteiger charge is -2.33. The van der Waals surface area contributed by atoms with Crippen LogP contribution < -0.4 is 15.0 Å². The molecule has 1 aliphatic heterocycles. The largest absolute Gasteiger partial charge is 0.479 e. The van der Waals surface area contributed by atoms with Gasteiger partial charge in [0.2, 0.25) is 0 Å². The minimum absolute atomic E-state index is 0.0828. The zero-order valence-electron chi connectivity index (χ0n) is 15.5. The molecular weight excluding hydrogens is 347 g/mol. The van der Waals surface area contributed by atoms with Gasteiger partial charge in [0.05, 0.1) is 5.69 Å². The highest BCUT2D eigenvalue weighted by Crippen LogP contribution is 2.36. The Bertz CT molecular complexity index is 836. The van der Waals surface area contributed by atoms with E-state index in [2.05, 4.69) is 12.2 Å². The van der Waals surface area contributed by atoms with Gasteiger partial charge in [-0.2, -0.15) is 0 Å². The number of ether oxygens (including phenoxy) is 1. The molecule has 0 aromatic heterocycles. The average Bonchev–Trinajstić information content (AvgIpc) is 2.66. The van der Waals surface area contributed by atoms with Gasteiger partial charge in [-0.25, -0.2) is 4.39 Å². The molecule has 0 saturated heterocycles. The first-order chi connectivity index (χ1) is 13.0. The van der Waals surface area contributed by atoms with Crippen molar-refractivity contribution in [1.29, 1.82) is 0 Å². The summed E-state index contributed by atoms with van der Waals surface area (Å²) in [6, 6.07) is 10.6. The lowest BCUT2D eigenvalue weighted by Crippen LogP contribution is -2.44. The molecule has 3 rings (SSSR count). The Kier molecular flexibility index (Phi) is 5.74. The van der Waals surface area contributed by atoms with Crippen molar-refractivity contribution in [2.45, 2.75) is 39.2 Å². The normalized spacial score (nSPS) is 15.9. The minimum atomic E-state index is -0.529. The monoisotopic (exact) mass is 370 g/mol. The molecule has 2 aromatic rings. The molecule has 1 unspecified atom stereocenters. The van der Waals surface area contributed by atoms with Crippen LogP contribution in [-0.4, -0.2) is 24.5 Å². The van der Waals surface area contributed by atoms with Crippen LogP contribution in [0.2, 0.25) is 0 Å². The SMILES string of the molecule is CCCCCN1C(=O)C(C)Oc2ccc(NC(=O)c3ccc(F)cc3)cc21. The van der Waals surface area contributed by atoms with Gasteiger partial charge in [-0.15, -0.1) is 0 Å². The number of unbranched alkanes of at least 4 members (excludes halogenated alkanes) is 2. The van der Waals surface area contributed by atoms with Crippen molar-refractivity contribution in [3.8, 4) is 5.75 Å². The minimum Gasteiger partial charge on any atom is -0.479 e. The number of anilines is 2. The second kappa shape index (κ2) is 8.20. The van der Waals surface area contributed by atoms with Gasteiger partial charge in [-0.05, 0) is 55.8 Å². The predicted octanol–water partition coefficient (Wildman–Crippen LogP) is 4.38. The molecule has 0 bridgehead atoms. The maximum absolute atomic E-state index is 13.0. The summed E-state index contributed by atoms with van der Waals surface area (Å²) < 4.78 is 18.7. The highest BCUT2D eigenvalue weighted by Gasteiger charge is 2.31. The number of hydrogen-bond donors (Lipinski definition) is 1. The van der Waals surface area contributed by atoms with Crippen LogP contribution >= 0.6 is 0 Å². The Morgan fingerprint density at radius 2 is 1.93 bits per heavy atom. The van der Waals surface area contributed by atoms with Crippen LogP contribution in [0.25, 0.3) is 0 Å². The van der Waals surface area contributed by atoms with Crippen LogP contribution in [0.15, 0.2) is 42.5 Å². The van der Waals surface area contributed by atoms with Crippen LogP contribution in [0.1, 0.15) is 43.5 Å². The van der Waals surface area contributed by atoms with Gasteiger partial charge in [0.1, 0.15) is 11.6 Å². The number of nitrogens with zero attached hydrogens (tertiary/aromatic N) is 1. The van der Waals surface area contributed by atoms with E-state index in [1.807, 2.05) is 0 Å². The fraction of sp³-hybridized carbons (Fsp3) is 0.333. The number of carbonyl (C=O) groups is 2. The standard InChI is InChI=1S/C21H23FN2O3/c1-3-4-5-12-24-18-13-17(10-11-19(18)27-14(2)21(24)26)23-20(25)15-6-8-16(22)9-7-15/h6-11,13-14H,3-5,12H2,1-2H3,(H,23,25). The number of hydrogen-bond acceptors (Lipinski definition) is 3. The summed E-state index contributed by atoms with van der Waals surface area (Å²) in [6.07, 6.45) is 2.48. The Morgan fingerprint density at radius 1 is 1.19 bits per heavy atom. The summed E-state index contributed by atoms with van der Waals surface area (Å²) in [5.41, 5.74) is 1.57. The Labute approximate surface area is 158 Å². The van der Waals surface area contributed by atoms with Gasteiger partial charge in [0.15, 0.2) is 6.10 Å². The van der Waals surface area contributed by atoms with Crippen LogP contribution in [0.5, 0.6) is 5.75 Å². The molecule has 0 spiro atoms. The second-order valence-corrected chi connectivity index (χ2v) is 6.60. The molecule has 27 heavy (non-hydrogen) atoms. The molecule has 5 nitrogen and oxygen atoms in total. The predicted molar refractivity (Wildman–Crippen MR) is 103 cm³/mol. The van der Waals surface area contributed by atoms with E-state index < -0.39 is 11.9 Å². The molecule has 2 aromatic carbocycles. The summed E-state index contributed by atoms with van der Waals surface area (Å²) >= 11 is 0. The lowest BCUT2D eigenvalue weighted by atomic mass is 10.1. The van der Waals surface area contributed by atoms with Gasteiger partial charge >= 0.3 is 0 Å². The molecular formula is C21H23FN2O3. The van der Waals surface area contributed by atoms with Crippen molar-refractivity contribution in [3.05, 3.63) is 53.8 Å². The molecule has 0 aliphatic carbocycles. The molecule has 2 amide bonds. The van der Waals surface area contributed by atoms with Crippen LogP contribution in [0.4, 0.5) is 15.8 Å². The molecule has 0 radical (unpaired) electrons. The van der Waals surface area contributed by atoms with Crippen molar-refractivity contribution in [2.24, 2.45) is 0 Å². The number of rotatable bonds is 6. The summed E-state index contributed by atoms with van der Waals surface area (Å²) in [4.78, 5) is 26.6. The number of benzene rings is 2. The average molecular weight is 370 g/mol. The number of amides is 2. The Balaban J connectivity index is 1.82. The third-order valence-corrected chi connectivity index (χ3v) is 4.52. The molecule has 1 atom stereocenters. The third kappa shape index (κ3) is 4.27. The Morgan fingerprint density at radius 3 is 2.63 bits per heavy atom. The second-order valence-electron chi connectivity index (χ2n) is 6.60. The summed E-state index contributed by atoms with van der Waals surface area (Å²) in [5.74, 6) is -0.198. The van der Waals surface area contributed by atoms with Gasteiger partial charge in [0, 0.05) is 17.8 Å². The summed E-state index contributed by atoms with van der Waals surface area (Å²) in [6.45, 7) is 4.46. The van der Waals surface area contributed by atoms with E-state index in [1.54, 1.807) is 30.0 Å². The lowest BCUT2D eigenvalue weighted by molar-refractivity contribution is -0.125. The third-order valence-electron chi connectivity index (χ3n) is 4.52. The topological polar surface area (TPSA) is 58.6 Å². The first-order valence-electron chi connectivity index (χ1n) is 9.18. The zero-order valence-corrected chi connectivity index (χ0v) is 15.5. The molecule has 0 fully saturated rings. The van der Waals surface area contributed by atoms with E-state index in [0.717, 1.165) is 19.3 Å². The van der Waals surface area contributed by atoms with Gasteiger partial charge < -0.3 is 15.0 Å². The summed E-state index contributed by atoms with van der Waals surface area (Å²) in [5, 5.41) is 2.79. The van der Waals surface area contributed by atoms with E-state index in [4.69, 9.17) is 4.74 Å². The van der Waals surface area contributed by atoms with Crippen LogP contribution in [-0.2, 0) is 4.79 Å². The zero-order chi connectivity index (χ0) is 19.4. The van der Waals surface area contributed by atoms with E-state index in [1.165, 1.54) is 24.3 Å². The fourth-order valence-electron chi connectivity index (χ4n) is 3.04. The van der Waals surface area contributed by atoms with Gasteiger partial charge in [-0.3, -0.25) is 9.59 Å². The highest BCUT2D eigenvalue weighted by atomic mass is 19.1. The maximum atomic E-state index is 13.0. The molecule has 0 saturated carbocycles. The molecule has 1 heterocycles. The first kappa shape index (κ1) is 18.9. The van der Waals surface area contributed by atoms with Crippen molar-refractivity contribution >= 4 is 23.2 Å². The quantitative estimate of drug-likeness (QED) is 0.768. The molecule has 142 valence electrons. The van der Waals surface area contributed by atoms with E-state index >= 15 is 0 Å².